The molecule has 0 aromatic heterocycles. The van der Waals surface area contributed by atoms with Crippen molar-refractivity contribution in [3.8, 4) is 0 Å². The van der Waals surface area contributed by atoms with Crippen LogP contribution >= 0.6 is 0 Å². The second-order valence-corrected chi connectivity index (χ2v) is 8.32. The number of carbonyl (C=O) groups excluding carboxylic acids is 2. The summed E-state index contributed by atoms with van der Waals surface area (Å²) in [6.45, 7) is 5.51. The van der Waals surface area contributed by atoms with Gasteiger partial charge in [0.15, 0.2) is 0 Å². The van der Waals surface area contributed by atoms with E-state index in [0.717, 1.165) is 36.6 Å². The van der Waals surface area contributed by atoms with Crippen LogP contribution in [0.3, 0.4) is 0 Å². The van der Waals surface area contributed by atoms with Gasteiger partial charge in [-0.3, -0.25) is 9.59 Å². The molecule has 0 unspecified atom stereocenters. The van der Waals surface area contributed by atoms with Crippen LogP contribution < -0.4 is 10.2 Å². The third-order valence-corrected chi connectivity index (χ3v) is 5.67. The number of rotatable bonds is 7. The van der Waals surface area contributed by atoms with Crippen molar-refractivity contribution in [1.29, 1.82) is 0 Å². The number of nitrogens with one attached hydrogen (secondary N) is 1. The number of carbonyl (C=O) groups is 2. The van der Waals surface area contributed by atoms with Crippen molar-refractivity contribution in [2.75, 3.05) is 11.4 Å². The van der Waals surface area contributed by atoms with Gasteiger partial charge in [-0.2, -0.15) is 0 Å². The summed E-state index contributed by atoms with van der Waals surface area (Å²) in [6.07, 6.45) is 8.43. The Morgan fingerprint density at radius 3 is 2.73 bits per heavy atom. The summed E-state index contributed by atoms with van der Waals surface area (Å²) in [6, 6.07) is 6.23. The first-order valence-corrected chi connectivity index (χ1v) is 10.2. The van der Waals surface area contributed by atoms with Gasteiger partial charge >= 0.3 is 0 Å². The van der Waals surface area contributed by atoms with E-state index in [1.165, 1.54) is 31.2 Å². The number of benzene rings is 1. The predicted molar refractivity (Wildman–Crippen MR) is 105 cm³/mol. The Morgan fingerprint density at radius 2 is 2.00 bits per heavy atom. The van der Waals surface area contributed by atoms with Crippen LogP contribution in [0.4, 0.5) is 5.69 Å². The number of hydrogen-bond donors (Lipinski definition) is 1. The summed E-state index contributed by atoms with van der Waals surface area (Å²) >= 11 is 0. The van der Waals surface area contributed by atoms with Crippen LogP contribution in [0.25, 0.3) is 0 Å². The maximum atomic E-state index is 12.4. The maximum Gasteiger partial charge on any atom is 0.227 e. The smallest absolute Gasteiger partial charge is 0.227 e. The van der Waals surface area contributed by atoms with Crippen LogP contribution in [-0.4, -0.2) is 18.4 Å². The van der Waals surface area contributed by atoms with Gasteiger partial charge in [-0.05, 0) is 41.9 Å². The Balaban J connectivity index is 1.49. The monoisotopic (exact) mass is 356 g/mol. The fourth-order valence-electron chi connectivity index (χ4n) is 4.21. The Hall–Kier alpha value is -1.84. The van der Waals surface area contributed by atoms with Gasteiger partial charge in [0, 0.05) is 31.6 Å². The molecule has 0 radical (unpaired) electrons. The first kappa shape index (κ1) is 18.9. The van der Waals surface area contributed by atoms with E-state index >= 15 is 0 Å². The molecular weight excluding hydrogens is 324 g/mol. The third-order valence-electron chi connectivity index (χ3n) is 5.67. The standard InChI is InChI=1S/C22H32N2O2/c1-16(2)13-22(26)24-12-11-19-14-18(7-9-20(19)24)15-23-21(25)10-8-17-5-3-4-6-17/h7,9,14,16-17H,3-6,8,10-13,15H2,1-2H3,(H,23,25). The lowest BCUT2D eigenvalue weighted by Gasteiger charge is -2.18. The highest BCUT2D eigenvalue weighted by Crippen LogP contribution is 2.30. The van der Waals surface area contributed by atoms with Crippen LogP contribution in [0, 0.1) is 11.8 Å². The van der Waals surface area contributed by atoms with Crippen molar-refractivity contribution in [3.63, 3.8) is 0 Å². The minimum Gasteiger partial charge on any atom is -0.352 e. The molecule has 1 heterocycles. The molecule has 1 saturated carbocycles. The van der Waals surface area contributed by atoms with Crippen LogP contribution in [0.15, 0.2) is 18.2 Å². The van der Waals surface area contributed by atoms with Gasteiger partial charge in [0.2, 0.25) is 11.8 Å². The summed E-state index contributed by atoms with van der Waals surface area (Å²) in [4.78, 5) is 26.4. The van der Waals surface area contributed by atoms with Gasteiger partial charge in [0.05, 0.1) is 0 Å². The molecular formula is C22H32N2O2. The van der Waals surface area contributed by atoms with E-state index in [1.807, 2.05) is 17.0 Å². The molecule has 1 aliphatic heterocycles. The van der Waals surface area contributed by atoms with Crippen molar-refractivity contribution in [2.45, 2.75) is 71.8 Å². The van der Waals surface area contributed by atoms with Crippen molar-refractivity contribution in [1.82, 2.24) is 5.32 Å². The maximum absolute atomic E-state index is 12.4. The Labute approximate surface area is 157 Å². The average molecular weight is 357 g/mol. The van der Waals surface area contributed by atoms with Crippen LogP contribution in [-0.2, 0) is 22.6 Å². The molecule has 26 heavy (non-hydrogen) atoms. The molecule has 1 N–H and O–H groups in total. The lowest BCUT2D eigenvalue weighted by atomic mass is 10.0. The highest BCUT2D eigenvalue weighted by atomic mass is 16.2. The van der Waals surface area contributed by atoms with Crippen molar-refractivity contribution < 1.29 is 9.59 Å². The molecule has 3 rings (SSSR count). The second-order valence-electron chi connectivity index (χ2n) is 8.32. The van der Waals surface area contributed by atoms with Gasteiger partial charge < -0.3 is 10.2 Å². The average Bonchev–Trinajstić information content (AvgIpc) is 3.26. The fraction of sp³-hybridized carbons (Fsp3) is 0.636. The fourth-order valence-corrected chi connectivity index (χ4v) is 4.21. The van der Waals surface area contributed by atoms with E-state index in [1.54, 1.807) is 0 Å². The molecule has 1 aromatic carbocycles. The van der Waals surface area contributed by atoms with Crippen LogP contribution in [0.1, 0.15) is 69.9 Å². The number of amides is 2. The quantitative estimate of drug-likeness (QED) is 0.796. The Kier molecular flexibility index (Phi) is 6.33. The van der Waals surface area contributed by atoms with Crippen molar-refractivity contribution in [3.05, 3.63) is 29.3 Å². The van der Waals surface area contributed by atoms with E-state index < -0.39 is 0 Å². The zero-order valence-electron chi connectivity index (χ0n) is 16.2. The van der Waals surface area contributed by atoms with Gasteiger partial charge in [0.25, 0.3) is 0 Å². The van der Waals surface area contributed by atoms with E-state index in [9.17, 15) is 9.59 Å². The third kappa shape index (κ3) is 4.87. The normalized spacial score (nSPS) is 17.0. The largest absolute Gasteiger partial charge is 0.352 e. The minimum atomic E-state index is 0.158. The van der Waals surface area contributed by atoms with Gasteiger partial charge in [-0.1, -0.05) is 51.7 Å². The number of nitrogens with zero attached hydrogens (tertiary/aromatic N) is 1. The Bertz CT molecular complexity index is 648. The van der Waals surface area contributed by atoms with Crippen molar-refractivity contribution in [2.24, 2.45) is 11.8 Å². The molecule has 0 atom stereocenters. The molecule has 4 nitrogen and oxygen atoms in total. The molecule has 2 amide bonds. The lowest BCUT2D eigenvalue weighted by molar-refractivity contribution is -0.121. The summed E-state index contributed by atoms with van der Waals surface area (Å²) in [5.74, 6) is 1.51. The Morgan fingerprint density at radius 1 is 1.23 bits per heavy atom. The predicted octanol–water partition coefficient (Wildman–Crippen LogP) is 4.21. The summed E-state index contributed by atoms with van der Waals surface area (Å²) < 4.78 is 0. The van der Waals surface area contributed by atoms with Gasteiger partial charge in [-0.15, -0.1) is 0 Å². The molecule has 1 fully saturated rings. The zero-order chi connectivity index (χ0) is 18.5. The molecule has 0 bridgehead atoms. The van der Waals surface area contributed by atoms with E-state index in [0.29, 0.717) is 25.3 Å². The molecule has 0 spiro atoms. The topological polar surface area (TPSA) is 49.4 Å². The molecule has 1 aromatic rings. The summed E-state index contributed by atoms with van der Waals surface area (Å²) in [5, 5.41) is 3.05. The van der Waals surface area contributed by atoms with Crippen LogP contribution in [0.2, 0.25) is 0 Å². The molecule has 4 heteroatoms. The van der Waals surface area contributed by atoms with Gasteiger partial charge in [-0.25, -0.2) is 0 Å². The van der Waals surface area contributed by atoms with Crippen molar-refractivity contribution >= 4 is 17.5 Å². The van der Waals surface area contributed by atoms with Crippen LogP contribution in [0.5, 0.6) is 0 Å². The summed E-state index contributed by atoms with van der Waals surface area (Å²) in [5.41, 5.74) is 3.39. The van der Waals surface area contributed by atoms with E-state index in [2.05, 4.69) is 25.2 Å². The number of hydrogen-bond acceptors (Lipinski definition) is 2. The number of anilines is 1. The number of fused-ring (bicyclic) bond motifs is 1. The molecule has 1 aliphatic carbocycles. The van der Waals surface area contributed by atoms with E-state index in [4.69, 9.17) is 0 Å². The minimum absolute atomic E-state index is 0.158. The molecule has 0 saturated heterocycles. The first-order chi connectivity index (χ1) is 12.5. The highest BCUT2D eigenvalue weighted by molar-refractivity contribution is 5.95. The van der Waals surface area contributed by atoms with Gasteiger partial charge in [0.1, 0.15) is 0 Å². The van der Waals surface area contributed by atoms with E-state index in [-0.39, 0.29) is 11.8 Å². The molecule has 2 aliphatic rings. The summed E-state index contributed by atoms with van der Waals surface area (Å²) in [7, 11) is 0. The second kappa shape index (κ2) is 8.70. The lowest BCUT2D eigenvalue weighted by Crippen LogP contribution is -2.29. The highest BCUT2D eigenvalue weighted by Gasteiger charge is 2.25. The first-order valence-electron chi connectivity index (χ1n) is 10.2. The molecule has 142 valence electrons. The zero-order valence-corrected chi connectivity index (χ0v) is 16.2. The SMILES string of the molecule is CC(C)CC(=O)N1CCc2cc(CNC(=O)CCC3CCCC3)ccc21.